The van der Waals surface area contributed by atoms with Crippen LogP contribution in [0.3, 0.4) is 0 Å². The molecule has 1 atom stereocenters. The van der Waals surface area contributed by atoms with E-state index < -0.39 is 0 Å². The highest BCUT2D eigenvalue weighted by Crippen LogP contribution is 2.36. The maximum atomic E-state index is 12.0. The van der Waals surface area contributed by atoms with Crippen molar-refractivity contribution in [2.75, 3.05) is 6.54 Å². The molecule has 0 aliphatic carbocycles. The normalized spacial score (nSPS) is 18.2. The predicted molar refractivity (Wildman–Crippen MR) is 100 cm³/mol. The average Bonchev–Trinajstić information content (AvgIpc) is 3.25. The van der Waals surface area contributed by atoms with Gasteiger partial charge in [0.2, 0.25) is 0 Å². The lowest BCUT2D eigenvalue weighted by Gasteiger charge is -2.24. The second kappa shape index (κ2) is 6.65. The summed E-state index contributed by atoms with van der Waals surface area (Å²) in [7, 11) is 0. The third kappa shape index (κ3) is 3.10. The van der Waals surface area contributed by atoms with Crippen molar-refractivity contribution in [3.8, 4) is 5.75 Å². The molecule has 0 unspecified atom stereocenters. The quantitative estimate of drug-likeness (QED) is 0.702. The van der Waals surface area contributed by atoms with Gasteiger partial charge in [-0.1, -0.05) is 13.0 Å². The maximum absolute atomic E-state index is 12.0. The van der Waals surface area contributed by atoms with E-state index in [2.05, 4.69) is 22.4 Å². The Kier molecular flexibility index (Phi) is 4.36. The topological polar surface area (TPSA) is 53.7 Å². The summed E-state index contributed by atoms with van der Waals surface area (Å²) in [5.74, 6) is 0.188. The minimum atomic E-state index is -0.363. The van der Waals surface area contributed by atoms with Gasteiger partial charge in [-0.25, -0.2) is 4.79 Å². The first-order valence-electron chi connectivity index (χ1n) is 8.71. The van der Waals surface area contributed by atoms with Crippen molar-refractivity contribution >= 4 is 22.3 Å². The predicted octanol–water partition coefficient (Wildman–Crippen LogP) is 4.46. The number of likely N-dealkylation sites (tertiary alicyclic amines) is 1. The summed E-state index contributed by atoms with van der Waals surface area (Å²) < 4.78 is 5.31. The fourth-order valence-electron chi connectivity index (χ4n) is 3.76. The van der Waals surface area contributed by atoms with Crippen molar-refractivity contribution in [1.29, 1.82) is 0 Å². The Hall–Kier alpha value is -2.11. The number of benzene rings is 1. The summed E-state index contributed by atoms with van der Waals surface area (Å²) in [4.78, 5) is 15.8. The zero-order chi connectivity index (χ0) is 17.4. The fourth-order valence-corrected chi connectivity index (χ4v) is 4.65. The van der Waals surface area contributed by atoms with Gasteiger partial charge >= 0.3 is 5.63 Å². The summed E-state index contributed by atoms with van der Waals surface area (Å²) in [5.41, 5.74) is 1.95. The minimum Gasteiger partial charge on any atom is -0.508 e. The highest BCUT2D eigenvalue weighted by molar-refractivity contribution is 7.10. The average molecular weight is 355 g/mol. The molecule has 1 N–H and O–H groups in total. The molecule has 1 aliphatic heterocycles. The first-order valence-corrected chi connectivity index (χ1v) is 9.59. The standard InChI is InChI=1S/C20H21NO3S/c1-2-13-9-15-14(10-20(23)24-18(15)11-17(13)22)12-21-7-3-5-16(21)19-6-4-8-25-19/h4,6,8-11,16,22H,2-3,5,7,12H2,1H3/t16-/m0/s1. The van der Waals surface area contributed by atoms with Crippen LogP contribution in [0, 0.1) is 0 Å². The highest BCUT2D eigenvalue weighted by atomic mass is 32.1. The number of aryl methyl sites for hydroxylation is 1. The second-order valence-electron chi connectivity index (χ2n) is 6.57. The number of fused-ring (bicyclic) bond motifs is 1. The van der Waals surface area contributed by atoms with Gasteiger partial charge in [0.05, 0.1) is 0 Å². The molecule has 1 aromatic carbocycles. The van der Waals surface area contributed by atoms with Crippen LogP contribution >= 0.6 is 11.3 Å². The van der Waals surface area contributed by atoms with Gasteiger partial charge < -0.3 is 9.52 Å². The lowest BCUT2D eigenvalue weighted by atomic mass is 10.0. The van der Waals surface area contributed by atoms with Gasteiger partial charge in [0.15, 0.2) is 0 Å². The van der Waals surface area contributed by atoms with Gasteiger partial charge in [-0.05, 0) is 54.4 Å². The van der Waals surface area contributed by atoms with E-state index >= 15 is 0 Å². The third-order valence-electron chi connectivity index (χ3n) is 5.02. The van der Waals surface area contributed by atoms with Gasteiger partial charge in [-0.2, -0.15) is 0 Å². The zero-order valence-corrected chi connectivity index (χ0v) is 15.0. The lowest BCUT2D eigenvalue weighted by Crippen LogP contribution is -2.23. The molecule has 2 aromatic heterocycles. The molecule has 0 spiro atoms. The summed E-state index contributed by atoms with van der Waals surface area (Å²) in [6.07, 6.45) is 3.06. The van der Waals surface area contributed by atoms with Crippen LogP contribution in [-0.2, 0) is 13.0 Å². The molecule has 5 heteroatoms. The number of aromatic hydroxyl groups is 1. The van der Waals surface area contributed by atoms with E-state index in [1.54, 1.807) is 23.5 Å². The van der Waals surface area contributed by atoms with Crippen LogP contribution in [0.25, 0.3) is 11.0 Å². The van der Waals surface area contributed by atoms with E-state index in [-0.39, 0.29) is 11.4 Å². The van der Waals surface area contributed by atoms with Crippen LogP contribution in [0.2, 0.25) is 0 Å². The molecular formula is C20H21NO3S. The number of nitrogens with zero attached hydrogens (tertiary/aromatic N) is 1. The molecule has 1 fully saturated rings. The first-order chi connectivity index (χ1) is 12.2. The highest BCUT2D eigenvalue weighted by Gasteiger charge is 2.27. The van der Waals surface area contributed by atoms with E-state index in [0.29, 0.717) is 11.6 Å². The second-order valence-corrected chi connectivity index (χ2v) is 7.54. The summed E-state index contributed by atoms with van der Waals surface area (Å²) in [5, 5.41) is 13.1. The fraction of sp³-hybridized carbons (Fsp3) is 0.350. The number of hydrogen-bond donors (Lipinski definition) is 1. The van der Waals surface area contributed by atoms with E-state index in [1.807, 2.05) is 13.0 Å². The molecule has 130 valence electrons. The summed E-state index contributed by atoms with van der Waals surface area (Å²) in [6.45, 7) is 3.76. The van der Waals surface area contributed by atoms with Gasteiger partial charge in [-0.15, -0.1) is 11.3 Å². The van der Waals surface area contributed by atoms with Crippen LogP contribution < -0.4 is 5.63 Å². The van der Waals surface area contributed by atoms with Crippen molar-refractivity contribution < 1.29 is 9.52 Å². The molecule has 4 nitrogen and oxygen atoms in total. The van der Waals surface area contributed by atoms with Crippen molar-refractivity contribution in [3.63, 3.8) is 0 Å². The lowest BCUT2D eigenvalue weighted by molar-refractivity contribution is 0.252. The van der Waals surface area contributed by atoms with Crippen molar-refractivity contribution in [3.05, 3.63) is 62.1 Å². The molecule has 0 radical (unpaired) electrons. The molecule has 25 heavy (non-hydrogen) atoms. The molecule has 4 rings (SSSR count). The van der Waals surface area contributed by atoms with E-state index in [4.69, 9.17) is 4.42 Å². The Bertz CT molecular complexity index is 945. The molecular weight excluding hydrogens is 334 g/mol. The number of phenolic OH excluding ortho intramolecular Hbond substituents is 1. The van der Waals surface area contributed by atoms with Gasteiger partial charge in [0.1, 0.15) is 11.3 Å². The van der Waals surface area contributed by atoms with E-state index in [0.717, 1.165) is 42.4 Å². The minimum absolute atomic E-state index is 0.188. The van der Waals surface area contributed by atoms with Gasteiger partial charge in [0.25, 0.3) is 0 Å². The van der Waals surface area contributed by atoms with Crippen LogP contribution in [0.15, 0.2) is 44.9 Å². The first kappa shape index (κ1) is 16.4. The monoisotopic (exact) mass is 355 g/mol. The van der Waals surface area contributed by atoms with Crippen LogP contribution in [0.1, 0.15) is 41.8 Å². The van der Waals surface area contributed by atoms with E-state index in [9.17, 15) is 9.90 Å². The Morgan fingerprint density at radius 1 is 1.32 bits per heavy atom. The summed E-state index contributed by atoms with van der Waals surface area (Å²) in [6, 6.07) is 9.84. The number of hydrogen-bond acceptors (Lipinski definition) is 5. The summed E-state index contributed by atoms with van der Waals surface area (Å²) >= 11 is 1.79. The van der Waals surface area contributed by atoms with E-state index in [1.165, 1.54) is 11.3 Å². The number of thiophene rings is 1. The SMILES string of the molecule is CCc1cc2c(CN3CCC[C@H]3c3cccs3)cc(=O)oc2cc1O. The molecule has 1 aliphatic rings. The van der Waals surface area contributed by atoms with Gasteiger partial charge in [0, 0.05) is 35.0 Å². The van der Waals surface area contributed by atoms with Crippen molar-refractivity contribution in [1.82, 2.24) is 4.90 Å². The maximum Gasteiger partial charge on any atom is 0.336 e. The third-order valence-corrected chi connectivity index (χ3v) is 5.99. The molecule has 0 amide bonds. The zero-order valence-electron chi connectivity index (χ0n) is 14.2. The van der Waals surface area contributed by atoms with Crippen LogP contribution in [-0.4, -0.2) is 16.6 Å². The Morgan fingerprint density at radius 2 is 2.20 bits per heavy atom. The largest absolute Gasteiger partial charge is 0.508 e. The number of rotatable bonds is 4. The molecule has 3 heterocycles. The van der Waals surface area contributed by atoms with Crippen LogP contribution in [0.4, 0.5) is 0 Å². The Morgan fingerprint density at radius 3 is 2.96 bits per heavy atom. The Labute approximate surface area is 150 Å². The molecule has 0 saturated carbocycles. The smallest absolute Gasteiger partial charge is 0.336 e. The number of phenols is 1. The van der Waals surface area contributed by atoms with Gasteiger partial charge in [-0.3, -0.25) is 4.90 Å². The van der Waals surface area contributed by atoms with Crippen molar-refractivity contribution in [2.45, 2.75) is 38.8 Å². The van der Waals surface area contributed by atoms with Crippen molar-refractivity contribution in [2.24, 2.45) is 0 Å². The van der Waals surface area contributed by atoms with Crippen LogP contribution in [0.5, 0.6) is 5.75 Å². The molecule has 1 saturated heterocycles. The molecule has 3 aromatic rings. The Balaban J connectivity index is 1.74. The molecule has 0 bridgehead atoms.